The number of rotatable bonds is 3. The highest BCUT2D eigenvalue weighted by molar-refractivity contribution is 6.26. The minimum atomic E-state index is -1.13. The molecule has 4 N–H and O–H groups in total. The molecule has 1 aliphatic rings. The number of phenolic OH excluding ortho intramolecular Hbond substituents is 2. The van der Waals surface area contributed by atoms with Gasteiger partial charge in [-0.2, -0.15) is 0 Å². The molecule has 0 amide bonds. The Morgan fingerprint density at radius 2 is 1.62 bits per heavy atom. The van der Waals surface area contributed by atoms with Gasteiger partial charge in [-0.05, 0) is 38.5 Å². The Bertz CT molecular complexity index is 725. The van der Waals surface area contributed by atoms with E-state index in [2.05, 4.69) is 0 Å². The molecule has 0 aromatic heterocycles. The second kappa shape index (κ2) is 8.07. The van der Waals surface area contributed by atoms with Crippen molar-refractivity contribution in [1.82, 2.24) is 0 Å². The summed E-state index contributed by atoms with van der Waals surface area (Å²) >= 11 is 0. The first-order chi connectivity index (χ1) is 11.2. The molecule has 0 unspecified atom stereocenters. The minimum absolute atomic E-state index is 0.0779. The van der Waals surface area contributed by atoms with E-state index in [9.17, 15) is 24.9 Å². The van der Waals surface area contributed by atoms with Gasteiger partial charge in [-0.3, -0.25) is 14.4 Å². The van der Waals surface area contributed by atoms with Crippen LogP contribution >= 0.6 is 0 Å². The molecule has 0 saturated carbocycles. The molecular formula is C17H18O7. The molecule has 1 aromatic rings. The molecule has 128 valence electrons. The molecule has 7 nitrogen and oxygen atoms in total. The van der Waals surface area contributed by atoms with E-state index in [4.69, 9.17) is 9.90 Å². The van der Waals surface area contributed by atoms with Gasteiger partial charge in [0.05, 0.1) is 17.2 Å². The number of aliphatic hydroxyl groups excluding tert-OH is 1. The van der Waals surface area contributed by atoms with Crippen molar-refractivity contribution in [3.05, 3.63) is 46.6 Å². The number of benzene rings is 1. The zero-order valence-corrected chi connectivity index (χ0v) is 13.2. The van der Waals surface area contributed by atoms with Gasteiger partial charge in [-0.1, -0.05) is 11.6 Å². The lowest BCUT2D eigenvalue weighted by molar-refractivity contribution is -0.122. The summed E-state index contributed by atoms with van der Waals surface area (Å²) in [6, 6.07) is 2.29. The van der Waals surface area contributed by atoms with E-state index in [0.29, 0.717) is 0 Å². The standard InChI is InChI=1S/C16H16O5.CH2O2/c1-8(2)3-4-10(17)9-7-13(20)14-11(18)5-6-12(19)15(14)16(9)21;2-1-3/h3,5-7,10,17-19H,4H2,1-2H3;1H,(H,2,3)/t10-;/m1./s1. The largest absolute Gasteiger partial charge is 0.507 e. The maximum absolute atomic E-state index is 12.3. The Morgan fingerprint density at radius 3 is 2.12 bits per heavy atom. The number of ketones is 2. The van der Waals surface area contributed by atoms with Crippen LogP contribution in [-0.4, -0.2) is 44.6 Å². The predicted octanol–water partition coefficient (Wildman–Crippen LogP) is 1.82. The third kappa shape index (κ3) is 4.08. The Morgan fingerprint density at radius 1 is 1.12 bits per heavy atom. The maximum atomic E-state index is 12.3. The molecule has 7 heteroatoms. The third-order valence-corrected chi connectivity index (χ3v) is 3.29. The zero-order valence-electron chi connectivity index (χ0n) is 13.2. The average Bonchev–Trinajstić information content (AvgIpc) is 2.51. The summed E-state index contributed by atoms with van der Waals surface area (Å²) in [6.07, 6.45) is 1.84. The fourth-order valence-corrected chi connectivity index (χ4v) is 2.21. The number of aliphatic hydroxyl groups is 1. The Hall–Kier alpha value is -2.93. The van der Waals surface area contributed by atoms with E-state index in [-0.39, 0.29) is 41.1 Å². The number of carbonyl (C=O) groups excluding carboxylic acids is 2. The van der Waals surface area contributed by atoms with Crippen molar-refractivity contribution in [2.24, 2.45) is 0 Å². The molecule has 0 heterocycles. The number of hydrogen-bond donors (Lipinski definition) is 4. The van der Waals surface area contributed by atoms with E-state index in [1.807, 2.05) is 13.8 Å². The van der Waals surface area contributed by atoms with Crippen LogP contribution in [0, 0.1) is 0 Å². The van der Waals surface area contributed by atoms with Crippen molar-refractivity contribution in [1.29, 1.82) is 0 Å². The molecule has 24 heavy (non-hydrogen) atoms. The van der Waals surface area contributed by atoms with Crippen molar-refractivity contribution in [2.45, 2.75) is 26.4 Å². The van der Waals surface area contributed by atoms with Crippen LogP contribution in [0.15, 0.2) is 35.4 Å². The number of carbonyl (C=O) groups is 3. The quantitative estimate of drug-likeness (QED) is 0.376. The number of aromatic hydroxyl groups is 2. The minimum Gasteiger partial charge on any atom is -0.507 e. The topological polar surface area (TPSA) is 132 Å². The van der Waals surface area contributed by atoms with Gasteiger partial charge < -0.3 is 20.4 Å². The van der Waals surface area contributed by atoms with Gasteiger partial charge >= 0.3 is 0 Å². The second-order valence-electron chi connectivity index (χ2n) is 5.29. The molecule has 1 atom stereocenters. The van der Waals surface area contributed by atoms with Gasteiger partial charge in [0, 0.05) is 5.57 Å². The Balaban J connectivity index is 0.000000891. The third-order valence-electron chi connectivity index (χ3n) is 3.29. The molecule has 2 rings (SSSR count). The first kappa shape index (κ1) is 19.1. The number of allylic oxidation sites excluding steroid dienone is 2. The summed E-state index contributed by atoms with van der Waals surface area (Å²) in [5.74, 6) is -2.01. The molecule has 0 bridgehead atoms. The van der Waals surface area contributed by atoms with Crippen LogP contribution in [0.2, 0.25) is 0 Å². The van der Waals surface area contributed by atoms with E-state index in [1.165, 1.54) is 0 Å². The lowest BCUT2D eigenvalue weighted by atomic mass is 9.85. The molecule has 1 aromatic carbocycles. The van der Waals surface area contributed by atoms with Crippen LogP contribution in [0.5, 0.6) is 11.5 Å². The summed E-state index contributed by atoms with van der Waals surface area (Å²) < 4.78 is 0. The van der Waals surface area contributed by atoms with Gasteiger partial charge in [0.1, 0.15) is 11.5 Å². The van der Waals surface area contributed by atoms with Gasteiger partial charge in [-0.25, -0.2) is 0 Å². The summed E-state index contributed by atoms with van der Waals surface area (Å²) in [5, 5.41) is 36.4. The first-order valence-electron chi connectivity index (χ1n) is 6.99. The van der Waals surface area contributed by atoms with Gasteiger partial charge in [-0.15, -0.1) is 0 Å². The lowest BCUT2D eigenvalue weighted by Gasteiger charge is -2.20. The fraction of sp³-hybridized carbons (Fsp3) is 0.235. The van der Waals surface area contributed by atoms with E-state index >= 15 is 0 Å². The molecule has 0 saturated heterocycles. The smallest absolute Gasteiger partial charge is 0.290 e. The van der Waals surface area contributed by atoms with Crippen LogP contribution in [0.3, 0.4) is 0 Å². The highest BCUT2D eigenvalue weighted by Crippen LogP contribution is 2.35. The van der Waals surface area contributed by atoms with E-state index in [1.54, 1.807) is 6.08 Å². The highest BCUT2D eigenvalue weighted by atomic mass is 16.3. The monoisotopic (exact) mass is 334 g/mol. The molecule has 0 aliphatic heterocycles. The molecular weight excluding hydrogens is 316 g/mol. The van der Waals surface area contributed by atoms with Crippen LogP contribution in [-0.2, 0) is 4.79 Å². The molecule has 1 aliphatic carbocycles. The fourth-order valence-electron chi connectivity index (χ4n) is 2.21. The van der Waals surface area contributed by atoms with Crippen molar-refractivity contribution < 1.29 is 34.8 Å². The SMILES string of the molecule is CC(C)=CC[C@@H](O)C1=CC(=O)c2c(O)ccc(O)c2C1=O.O=CO. The summed E-state index contributed by atoms with van der Waals surface area (Å²) in [7, 11) is 0. The van der Waals surface area contributed by atoms with Crippen molar-refractivity contribution in [3.63, 3.8) is 0 Å². The van der Waals surface area contributed by atoms with Crippen molar-refractivity contribution >= 4 is 18.0 Å². The molecule has 0 radical (unpaired) electrons. The highest BCUT2D eigenvalue weighted by Gasteiger charge is 2.33. The Labute approximate surface area is 138 Å². The predicted molar refractivity (Wildman–Crippen MR) is 85.3 cm³/mol. The van der Waals surface area contributed by atoms with Crippen LogP contribution in [0.25, 0.3) is 0 Å². The summed E-state index contributed by atoms with van der Waals surface area (Å²) in [6.45, 7) is 3.46. The number of fused-ring (bicyclic) bond motifs is 1. The van der Waals surface area contributed by atoms with Crippen LogP contribution < -0.4 is 0 Å². The number of hydrogen-bond acceptors (Lipinski definition) is 6. The van der Waals surface area contributed by atoms with Gasteiger partial charge in [0.25, 0.3) is 6.47 Å². The van der Waals surface area contributed by atoms with E-state index in [0.717, 1.165) is 23.8 Å². The molecule has 0 fully saturated rings. The number of phenols is 2. The van der Waals surface area contributed by atoms with E-state index < -0.39 is 17.7 Å². The maximum Gasteiger partial charge on any atom is 0.290 e. The van der Waals surface area contributed by atoms with Crippen LogP contribution in [0.1, 0.15) is 41.0 Å². The summed E-state index contributed by atoms with van der Waals surface area (Å²) in [5.41, 5.74) is 0.419. The normalized spacial score (nSPS) is 13.9. The molecule has 0 spiro atoms. The number of Topliss-reactive ketones (excluding diaryl/α,β-unsaturated/α-hetero) is 1. The van der Waals surface area contributed by atoms with Crippen molar-refractivity contribution in [2.75, 3.05) is 0 Å². The Kier molecular flexibility index (Phi) is 6.43. The second-order valence-corrected chi connectivity index (χ2v) is 5.29. The van der Waals surface area contributed by atoms with Gasteiger partial charge in [0.2, 0.25) is 0 Å². The van der Waals surface area contributed by atoms with Crippen LogP contribution in [0.4, 0.5) is 0 Å². The van der Waals surface area contributed by atoms with Gasteiger partial charge in [0.15, 0.2) is 11.6 Å². The average molecular weight is 334 g/mol. The zero-order chi connectivity index (χ0) is 18.4. The summed E-state index contributed by atoms with van der Waals surface area (Å²) in [4.78, 5) is 32.7. The first-order valence-corrected chi connectivity index (χ1v) is 6.99. The number of carboxylic acid groups (broad SMARTS) is 1. The lowest BCUT2D eigenvalue weighted by Crippen LogP contribution is -2.25. The van der Waals surface area contributed by atoms with Crippen molar-refractivity contribution in [3.8, 4) is 11.5 Å².